The van der Waals surface area contributed by atoms with E-state index in [1.807, 2.05) is 0 Å². The second-order valence-corrected chi connectivity index (χ2v) is 32.1. The monoisotopic (exact) mass is 979 g/mol. The molecule has 0 aromatic heterocycles. The van der Waals surface area contributed by atoms with Gasteiger partial charge in [-0.2, -0.15) is 0 Å². The Hall–Kier alpha value is 0. The molecule has 70 heavy (non-hydrogen) atoms. The zero-order chi connectivity index (χ0) is 53.6. The second kappa shape index (κ2) is 29.5. The van der Waals surface area contributed by atoms with E-state index in [1.54, 1.807) is 19.3 Å². The lowest BCUT2D eigenvalue weighted by Crippen LogP contribution is -2.31. The van der Waals surface area contributed by atoms with Gasteiger partial charge in [0, 0.05) is 0 Å². The molecule has 0 aromatic carbocycles. The maximum absolute atomic E-state index is 2.39. The van der Waals surface area contributed by atoms with Gasteiger partial charge in [0.2, 0.25) is 0 Å². The summed E-state index contributed by atoms with van der Waals surface area (Å²) in [6, 6.07) is 0. The minimum absolute atomic E-state index is 0.681. The van der Waals surface area contributed by atoms with Crippen LogP contribution in [0.4, 0.5) is 0 Å². The molecule has 0 amide bonds. The van der Waals surface area contributed by atoms with Crippen molar-refractivity contribution in [2.45, 2.75) is 321 Å². The fourth-order valence-corrected chi connectivity index (χ4v) is 13.8. The van der Waals surface area contributed by atoms with E-state index in [4.69, 9.17) is 0 Å². The quantitative estimate of drug-likeness (QED) is 0.263. The molecule has 0 bridgehead atoms. The predicted octanol–water partition coefficient (Wildman–Crippen LogP) is 23.9. The number of hydrogen-bond donors (Lipinski definition) is 0. The SMILES string of the molecule is CC1CC(C)(C)C1.CC1CC(C)(C)C1.CC1CC(C)C1C.CC1CCC1(C)C.CC1C[C@H](C)C1C.CCC1(C)CCC1.CCC1CC(C)C1.CCC1CCC1C.C[C@H]1CC1C1CC1.C[C@H]1CCC1(C)C. The van der Waals surface area contributed by atoms with Crippen molar-refractivity contribution in [3.63, 3.8) is 0 Å². The summed E-state index contributed by atoms with van der Waals surface area (Å²) >= 11 is 0. The van der Waals surface area contributed by atoms with Gasteiger partial charge in [0.1, 0.15) is 0 Å². The standard InChI is InChI=1S/C7H12.9C7H14/c1-5-4-7(5)6-2-3-6;2*1-6-4-7(2,3)5-6;2*1-6-4-5-7(6,2)3;2*1-5-4-6(2)7(5)3;1-3-7-4-6(2)5-7;1-3-7(2)5-4-6-7;1-3-7-5-4-6(7)2/h5-7H,2-4H2,1H3;4*6H,4-5H2,1-3H3;2*5-7H,4H2,1-3H3;6-7H,3-5H2,1-2H3;3-6H2,1-2H3;6-7H,3-5H2,1-2H3/t5-,7?;;;6-;;5-,6?,7?;;;;/m0..0.0..../s1. The fraction of sp³-hybridized carbons (Fsp3) is 1.00. The molecule has 8 unspecified atom stereocenters. The van der Waals surface area contributed by atoms with Crippen molar-refractivity contribution in [1.29, 1.82) is 0 Å². The van der Waals surface area contributed by atoms with Gasteiger partial charge < -0.3 is 0 Å². The highest BCUT2D eigenvalue weighted by atomic mass is 14.5. The van der Waals surface area contributed by atoms with E-state index in [1.165, 1.54) is 140 Å². The van der Waals surface area contributed by atoms with Gasteiger partial charge in [-0.3, -0.25) is 0 Å². The van der Waals surface area contributed by atoms with Gasteiger partial charge in [-0.05, 0) is 243 Å². The minimum atomic E-state index is 0.681. The van der Waals surface area contributed by atoms with E-state index in [0.29, 0.717) is 21.7 Å². The molecule has 0 heteroatoms. The molecule has 0 aliphatic heterocycles. The molecule has 418 valence electrons. The lowest BCUT2D eigenvalue weighted by molar-refractivity contribution is 0.0891. The van der Waals surface area contributed by atoms with E-state index in [-0.39, 0.29) is 0 Å². The maximum atomic E-state index is 2.39. The summed E-state index contributed by atoms with van der Waals surface area (Å²) in [5.41, 5.74) is 3.51. The van der Waals surface area contributed by atoms with Crippen LogP contribution in [0.5, 0.6) is 0 Å². The Morgan fingerprint density at radius 2 is 0.743 bits per heavy atom. The predicted molar refractivity (Wildman–Crippen MR) is 320 cm³/mol. The van der Waals surface area contributed by atoms with Crippen LogP contribution in [0.15, 0.2) is 0 Å². The number of rotatable bonds is 4. The van der Waals surface area contributed by atoms with Crippen LogP contribution < -0.4 is 0 Å². The molecule has 0 aromatic rings. The Balaban J connectivity index is 0.000000267. The van der Waals surface area contributed by atoms with Gasteiger partial charge in [-0.1, -0.05) is 205 Å². The van der Waals surface area contributed by atoms with Gasteiger partial charge in [0.05, 0.1) is 0 Å². The fourth-order valence-electron chi connectivity index (χ4n) is 13.8. The van der Waals surface area contributed by atoms with Crippen LogP contribution in [-0.2, 0) is 0 Å². The van der Waals surface area contributed by atoms with E-state index in [2.05, 4.69) is 173 Å². The average Bonchev–Trinajstić information content (AvgIpc) is 4.21. The largest absolute Gasteiger partial charge is 0.0651 e. The third-order valence-corrected chi connectivity index (χ3v) is 23.0. The summed E-state index contributed by atoms with van der Waals surface area (Å²) < 4.78 is 0. The molecule has 11 rings (SSSR count). The van der Waals surface area contributed by atoms with Crippen LogP contribution in [0, 0.1) is 128 Å². The summed E-state index contributed by atoms with van der Waals surface area (Å²) in [5, 5.41) is 0. The molecule has 11 saturated carbocycles. The summed E-state index contributed by atoms with van der Waals surface area (Å²) in [7, 11) is 0. The van der Waals surface area contributed by atoms with Gasteiger partial charge in [-0.15, -0.1) is 0 Å². The van der Waals surface area contributed by atoms with E-state index in [0.717, 1.165) is 94.2 Å². The Morgan fingerprint density at radius 3 is 0.771 bits per heavy atom. The summed E-state index contributed by atoms with van der Waals surface area (Å²) in [6.07, 6.45) is 33.7. The number of hydrogen-bond acceptors (Lipinski definition) is 0. The van der Waals surface area contributed by atoms with E-state index in [9.17, 15) is 0 Å². The van der Waals surface area contributed by atoms with Crippen molar-refractivity contribution in [3.05, 3.63) is 0 Å². The highest BCUT2D eigenvalue weighted by molar-refractivity contribution is 4.94. The van der Waals surface area contributed by atoms with Crippen LogP contribution in [0.1, 0.15) is 321 Å². The van der Waals surface area contributed by atoms with Crippen molar-refractivity contribution in [3.8, 4) is 0 Å². The van der Waals surface area contributed by atoms with E-state index < -0.39 is 0 Å². The van der Waals surface area contributed by atoms with Gasteiger partial charge >= 0.3 is 0 Å². The molecule has 0 spiro atoms. The summed E-state index contributed by atoms with van der Waals surface area (Å²) in [6.45, 7) is 58.5. The van der Waals surface area contributed by atoms with Crippen molar-refractivity contribution < 1.29 is 0 Å². The molecular weight excluding hydrogens is 841 g/mol. The molecule has 0 N–H and O–H groups in total. The van der Waals surface area contributed by atoms with Crippen LogP contribution >= 0.6 is 0 Å². The molecule has 11 aliphatic carbocycles. The lowest BCUT2D eigenvalue weighted by atomic mass is 9.64. The first-order valence-corrected chi connectivity index (χ1v) is 32.2. The highest BCUT2D eigenvalue weighted by Crippen LogP contribution is 2.54. The van der Waals surface area contributed by atoms with Crippen molar-refractivity contribution in [1.82, 2.24) is 0 Å². The molecule has 0 saturated heterocycles. The van der Waals surface area contributed by atoms with Crippen molar-refractivity contribution in [2.75, 3.05) is 0 Å². The van der Waals surface area contributed by atoms with Gasteiger partial charge in [-0.25, -0.2) is 0 Å². The minimum Gasteiger partial charge on any atom is -0.0651 e. The van der Waals surface area contributed by atoms with Crippen LogP contribution in [0.2, 0.25) is 0 Å². The lowest BCUT2D eigenvalue weighted by Gasteiger charge is -2.42. The smallest absolute Gasteiger partial charge is 0.0328 e. The maximum Gasteiger partial charge on any atom is -0.0328 e. The van der Waals surface area contributed by atoms with Crippen LogP contribution in [0.25, 0.3) is 0 Å². The van der Waals surface area contributed by atoms with Gasteiger partial charge in [0.15, 0.2) is 0 Å². The first-order chi connectivity index (χ1) is 32.2. The zero-order valence-corrected chi connectivity index (χ0v) is 53.6. The summed E-state index contributed by atoms with van der Waals surface area (Å²) in [5.74, 6) is 17.8. The molecule has 0 nitrogen and oxygen atoms in total. The highest BCUT2D eigenvalue weighted by Gasteiger charge is 2.44. The van der Waals surface area contributed by atoms with Crippen molar-refractivity contribution in [2.24, 2.45) is 128 Å². The first kappa shape index (κ1) is 66.1. The zero-order valence-electron chi connectivity index (χ0n) is 53.6. The third-order valence-electron chi connectivity index (χ3n) is 23.0. The topological polar surface area (TPSA) is 0 Å². The first-order valence-electron chi connectivity index (χ1n) is 32.2. The van der Waals surface area contributed by atoms with Crippen molar-refractivity contribution >= 4 is 0 Å². The van der Waals surface area contributed by atoms with Crippen LogP contribution in [0.3, 0.4) is 0 Å². The molecule has 0 radical (unpaired) electrons. The normalized spacial score (nSPS) is 39.2. The molecule has 11 atom stereocenters. The molecule has 11 aliphatic rings. The molecule has 0 heterocycles. The van der Waals surface area contributed by atoms with Crippen LogP contribution in [-0.4, -0.2) is 0 Å². The Kier molecular flexibility index (Phi) is 27.9. The molecular formula is C70H138. The Morgan fingerprint density at radius 1 is 0.371 bits per heavy atom. The molecule has 11 fully saturated rings. The Bertz CT molecular complexity index is 1240. The second-order valence-electron chi connectivity index (χ2n) is 32.1. The third kappa shape index (κ3) is 23.9. The average molecular weight is 980 g/mol. The van der Waals surface area contributed by atoms with E-state index >= 15 is 0 Å². The Labute approximate surface area is 446 Å². The summed E-state index contributed by atoms with van der Waals surface area (Å²) in [4.78, 5) is 0. The van der Waals surface area contributed by atoms with Gasteiger partial charge in [0.25, 0.3) is 0 Å².